The lowest BCUT2D eigenvalue weighted by molar-refractivity contribution is 0.976. The number of imidazole rings is 1. The molecule has 0 radical (unpaired) electrons. The first kappa shape index (κ1) is 14.8. The third kappa shape index (κ3) is 3.00. The highest BCUT2D eigenvalue weighted by molar-refractivity contribution is 9.10. The third-order valence-corrected chi connectivity index (χ3v) is 4.17. The fraction of sp³-hybridized carbons (Fsp3) is 0.0556. The maximum atomic E-state index is 4.59. The molecule has 118 valence electrons. The number of hydrogen-bond acceptors (Lipinski definition) is 4. The molecule has 0 unspecified atom stereocenters. The summed E-state index contributed by atoms with van der Waals surface area (Å²) in [5, 5.41) is 3.26. The Kier molecular flexibility index (Phi) is 3.96. The van der Waals surface area contributed by atoms with E-state index >= 15 is 0 Å². The van der Waals surface area contributed by atoms with Crippen LogP contribution in [0.5, 0.6) is 0 Å². The molecule has 0 saturated carbocycles. The molecule has 0 fully saturated rings. The average molecular weight is 380 g/mol. The van der Waals surface area contributed by atoms with Gasteiger partial charge in [-0.1, -0.05) is 40.2 Å². The maximum Gasteiger partial charge on any atom is 0.224 e. The summed E-state index contributed by atoms with van der Waals surface area (Å²) in [5.41, 5.74) is 3.13. The van der Waals surface area contributed by atoms with Gasteiger partial charge in [0.1, 0.15) is 12.1 Å². The van der Waals surface area contributed by atoms with Crippen LogP contribution < -0.4 is 5.32 Å². The van der Waals surface area contributed by atoms with E-state index in [1.54, 1.807) is 12.5 Å². The molecule has 2 heterocycles. The number of hydrogen-bond donors (Lipinski definition) is 1. The van der Waals surface area contributed by atoms with E-state index in [2.05, 4.69) is 48.3 Å². The molecule has 4 rings (SSSR count). The van der Waals surface area contributed by atoms with Gasteiger partial charge in [-0.25, -0.2) is 9.97 Å². The lowest BCUT2D eigenvalue weighted by Gasteiger charge is -2.08. The third-order valence-electron chi connectivity index (χ3n) is 3.68. The number of para-hydroxylation sites is 2. The fourth-order valence-corrected chi connectivity index (χ4v) is 2.98. The number of benzene rings is 2. The van der Waals surface area contributed by atoms with Crippen LogP contribution in [0.25, 0.3) is 16.9 Å². The summed E-state index contributed by atoms with van der Waals surface area (Å²) in [7, 11) is 0. The van der Waals surface area contributed by atoms with Crippen molar-refractivity contribution in [3.63, 3.8) is 0 Å². The molecule has 0 aliphatic carbocycles. The molecule has 0 spiro atoms. The number of anilines is 1. The number of aromatic nitrogens is 4. The first-order valence-corrected chi connectivity index (χ1v) is 8.33. The molecular formula is C18H14BrN5. The van der Waals surface area contributed by atoms with Crippen LogP contribution in [0.2, 0.25) is 0 Å². The van der Waals surface area contributed by atoms with E-state index in [-0.39, 0.29) is 0 Å². The minimum atomic E-state index is 0.588. The van der Waals surface area contributed by atoms with Crippen LogP contribution >= 0.6 is 15.9 Å². The van der Waals surface area contributed by atoms with Gasteiger partial charge in [0, 0.05) is 17.2 Å². The normalized spacial score (nSPS) is 10.9. The summed E-state index contributed by atoms with van der Waals surface area (Å²) in [6.45, 7) is 0.660. The zero-order valence-electron chi connectivity index (χ0n) is 12.7. The smallest absolute Gasteiger partial charge is 0.224 e. The molecule has 0 saturated heterocycles. The van der Waals surface area contributed by atoms with Gasteiger partial charge in [-0.3, -0.25) is 4.57 Å². The number of rotatable bonds is 4. The Labute approximate surface area is 147 Å². The predicted molar refractivity (Wildman–Crippen MR) is 98.1 cm³/mol. The fourth-order valence-electron chi connectivity index (χ4n) is 2.54. The molecule has 0 aliphatic rings. The minimum absolute atomic E-state index is 0.588. The maximum absolute atomic E-state index is 4.59. The van der Waals surface area contributed by atoms with E-state index in [4.69, 9.17) is 0 Å². The van der Waals surface area contributed by atoms with Crippen LogP contribution in [-0.2, 0) is 6.54 Å². The Hall–Kier alpha value is -2.73. The molecule has 6 heteroatoms. The van der Waals surface area contributed by atoms with Crippen molar-refractivity contribution >= 4 is 32.9 Å². The number of nitrogens with one attached hydrogen (secondary N) is 1. The minimum Gasteiger partial charge on any atom is -0.350 e. The molecule has 0 aliphatic heterocycles. The molecule has 0 amide bonds. The molecular weight excluding hydrogens is 366 g/mol. The van der Waals surface area contributed by atoms with Gasteiger partial charge in [0.15, 0.2) is 0 Å². The van der Waals surface area contributed by atoms with Crippen LogP contribution in [-0.4, -0.2) is 19.5 Å². The molecule has 0 atom stereocenters. The van der Waals surface area contributed by atoms with Crippen LogP contribution in [0.3, 0.4) is 0 Å². The average Bonchev–Trinajstić information content (AvgIpc) is 3.04. The lowest BCUT2D eigenvalue weighted by Crippen LogP contribution is -2.06. The largest absolute Gasteiger partial charge is 0.350 e. The molecule has 0 bridgehead atoms. The van der Waals surface area contributed by atoms with Gasteiger partial charge in [0.2, 0.25) is 5.95 Å². The predicted octanol–water partition coefficient (Wildman–Crippen LogP) is 4.19. The summed E-state index contributed by atoms with van der Waals surface area (Å²) < 4.78 is 3.02. The van der Waals surface area contributed by atoms with Gasteiger partial charge < -0.3 is 5.32 Å². The van der Waals surface area contributed by atoms with Crippen molar-refractivity contribution in [1.82, 2.24) is 19.5 Å². The van der Waals surface area contributed by atoms with Crippen molar-refractivity contribution in [2.75, 3.05) is 5.32 Å². The van der Waals surface area contributed by atoms with Gasteiger partial charge in [-0.15, -0.1) is 0 Å². The van der Waals surface area contributed by atoms with E-state index in [0.717, 1.165) is 26.9 Å². The van der Waals surface area contributed by atoms with Crippen molar-refractivity contribution in [2.24, 2.45) is 0 Å². The molecule has 5 nitrogen and oxygen atoms in total. The Bertz CT molecular complexity index is 995. The first-order chi connectivity index (χ1) is 11.8. The van der Waals surface area contributed by atoms with Crippen LogP contribution in [0.15, 0.2) is 71.6 Å². The number of halogens is 1. The lowest BCUT2D eigenvalue weighted by atomic mass is 10.2. The molecule has 24 heavy (non-hydrogen) atoms. The summed E-state index contributed by atoms with van der Waals surface area (Å²) in [6.07, 6.45) is 3.53. The second-order valence-corrected chi connectivity index (χ2v) is 6.24. The highest BCUT2D eigenvalue weighted by atomic mass is 79.9. The van der Waals surface area contributed by atoms with E-state index in [1.165, 1.54) is 0 Å². The van der Waals surface area contributed by atoms with Gasteiger partial charge in [-0.05, 0) is 35.9 Å². The highest BCUT2D eigenvalue weighted by Gasteiger charge is 2.06. The zero-order chi connectivity index (χ0) is 16.4. The van der Waals surface area contributed by atoms with Gasteiger partial charge in [-0.2, -0.15) is 4.98 Å². The van der Waals surface area contributed by atoms with Gasteiger partial charge >= 0.3 is 0 Å². The molecule has 2 aromatic heterocycles. The monoisotopic (exact) mass is 379 g/mol. The highest BCUT2D eigenvalue weighted by Crippen LogP contribution is 2.17. The number of fused-ring (bicyclic) bond motifs is 1. The topological polar surface area (TPSA) is 55.6 Å². The van der Waals surface area contributed by atoms with Crippen molar-refractivity contribution in [3.8, 4) is 5.82 Å². The second kappa shape index (κ2) is 6.41. The Balaban J connectivity index is 1.60. The van der Waals surface area contributed by atoms with Crippen LogP contribution in [0.4, 0.5) is 5.95 Å². The second-order valence-electron chi connectivity index (χ2n) is 5.33. The van der Waals surface area contributed by atoms with Crippen molar-refractivity contribution in [2.45, 2.75) is 6.54 Å². The van der Waals surface area contributed by atoms with Crippen LogP contribution in [0, 0.1) is 0 Å². The molecule has 4 aromatic rings. The summed E-state index contributed by atoms with van der Waals surface area (Å²) in [5.74, 6) is 1.38. The van der Waals surface area contributed by atoms with Crippen molar-refractivity contribution in [1.29, 1.82) is 0 Å². The van der Waals surface area contributed by atoms with Gasteiger partial charge in [0.05, 0.1) is 11.0 Å². The Morgan fingerprint density at radius 2 is 1.92 bits per heavy atom. The zero-order valence-corrected chi connectivity index (χ0v) is 14.3. The Morgan fingerprint density at radius 3 is 2.83 bits per heavy atom. The SMILES string of the molecule is Brc1cccc(CNc2nccc(-n3cnc4ccccc43)n2)c1. The van der Waals surface area contributed by atoms with Gasteiger partial charge in [0.25, 0.3) is 0 Å². The standard InChI is InChI=1S/C18H14BrN5/c19-14-5-3-4-13(10-14)11-21-18-20-9-8-17(23-18)24-12-22-15-6-1-2-7-16(15)24/h1-10,12H,11H2,(H,20,21,23). The molecule has 2 aromatic carbocycles. The van der Waals surface area contributed by atoms with E-state index in [0.29, 0.717) is 12.5 Å². The van der Waals surface area contributed by atoms with Crippen molar-refractivity contribution < 1.29 is 0 Å². The van der Waals surface area contributed by atoms with Crippen molar-refractivity contribution in [3.05, 3.63) is 77.2 Å². The van der Waals surface area contributed by atoms with E-state index < -0.39 is 0 Å². The Morgan fingerprint density at radius 1 is 1.00 bits per heavy atom. The first-order valence-electron chi connectivity index (χ1n) is 7.53. The number of nitrogens with zero attached hydrogens (tertiary/aromatic N) is 4. The summed E-state index contributed by atoms with van der Waals surface area (Å²) in [6, 6.07) is 18.0. The van der Waals surface area contributed by atoms with E-state index in [9.17, 15) is 0 Å². The van der Waals surface area contributed by atoms with E-state index in [1.807, 2.05) is 47.0 Å². The molecule has 1 N–H and O–H groups in total. The summed E-state index contributed by atoms with van der Waals surface area (Å²) >= 11 is 3.48. The quantitative estimate of drug-likeness (QED) is 0.577. The van der Waals surface area contributed by atoms with Crippen LogP contribution in [0.1, 0.15) is 5.56 Å². The summed E-state index contributed by atoms with van der Waals surface area (Å²) in [4.78, 5) is 13.3.